The number of rotatable bonds is 12. The van der Waals surface area contributed by atoms with Crippen LogP contribution in [0.2, 0.25) is 0 Å². The Kier molecular flexibility index (Phi) is 18.2. The van der Waals surface area contributed by atoms with Crippen molar-refractivity contribution in [2.45, 2.75) is 216 Å². The van der Waals surface area contributed by atoms with E-state index in [1.54, 1.807) is 34.4 Å². The molecular weight excluding hydrogens is 715 g/mol. The predicted octanol–water partition coefficient (Wildman–Crippen LogP) is 16.9. The number of hydrogen-bond acceptors (Lipinski definition) is 1. The van der Waals surface area contributed by atoms with E-state index in [0.29, 0.717) is 18.4 Å². The highest BCUT2D eigenvalue weighted by molar-refractivity contribution is 5.52. The van der Waals surface area contributed by atoms with Gasteiger partial charge in [0.15, 0.2) is 0 Å². The molecule has 0 spiro atoms. The van der Waals surface area contributed by atoms with Crippen LogP contribution in [0.5, 0.6) is 0 Å². The quantitative estimate of drug-likeness (QED) is 0.208. The molecule has 1 nitrogen and oxygen atoms in total. The lowest BCUT2D eigenvalue weighted by atomic mass is 9.72. The van der Waals surface area contributed by atoms with Crippen LogP contribution in [0, 0.1) is 98.8 Å². The van der Waals surface area contributed by atoms with Gasteiger partial charge in [-0.05, 0) is 280 Å². The number of halogens is 2. The summed E-state index contributed by atoms with van der Waals surface area (Å²) in [5.74, 6) is 5.52. The zero-order valence-corrected chi connectivity index (χ0v) is 38.9. The molecule has 0 atom stereocenters. The molecule has 324 valence electrons. The molecule has 2 aromatic rings. The van der Waals surface area contributed by atoms with Crippen molar-refractivity contribution in [1.29, 1.82) is 0 Å². The minimum absolute atomic E-state index is 0.435. The third-order valence-electron chi connectivity index (χ3n) is 17.1. The first-order valence-electron chi connectivity index (χ1n) is 24.1. The van der Waals surface area contributed by atoms with E-state index < -0.39 is 0 Å². The van der Waals surface area contributed by atoms with Gasteiger partial charge >= 0.3 is 0 Å². The van der Waals surface area contributed by atoms with Crippen LogP contribution in [0.25, 0.3) is 0 Å². The minimum Gasteiger partial charge on any atom is -0.378 e. The van der Waals surface area contributed by atoms with Gasteiger partial charge in [0.25, 0.3) is 0 Å². The lowest BCUT2D eigenvalue weighted by Gasteiger charge is -2.34. The highest BCUT2D eigenvalue weighted by Gasteiger charge is 2.30. The van der Waals surface area contributed by atoms with E-state index in [4.69, 9.17) is 4.74 Å². The van der Waals surface area contributed by atoms with E-state index in [2.05, 4.69) is 69.2 Å². The maximum absolute atomic E-state index is 12.2. The largest absolute Gasteiger partial charge is 0.378 e. The Morgan fingerprint density at radius 3 is 1.03 bits per heavy atom. The van der Waals surface area contributed by atoms with Gasteiger partial charge in [-0.25, -0.2) is 8.78 Å². The molecule has 2 aromatic carbocycles. The lowest BCUT2D eigenvalue weighted by Crippen LogP contribution is -2.26. The Labute approximate surface area is 355 Å². The van der Waals surface area contributed by atoms with E-state index in [9.17, 15) is 8.78 Å². The molecule has 4 saturated carbocycles. The summed E-state index contributed by atoms with van der Waals surface area (Å²) < 4.78 is 30.7. The molecule has 0 amide bonds. The van der Waals surface area contributed by atoms with Crippen LogP contribution in [0.1, 0.15) is 207 Å². The summed E-state index contributed by atoms with van der Waals surface area (Å²) >= 11 is 0. The average Bonchev–Trinajstić information content (AvgIpc) is 3.25. The summed E-state index contributed by atoms with van der Waals surface area (Å²) in [4.78, 5) is 0. The van der Waals surface area contributed by atoms with E-state index in [0.717, 1.165) is 74.1 Å². The molecule has 0 aromatic heterocycles. The zero-order valence-electron chi connectivity index (χ0n) is 38.9. The van der Waals surface area contributed by atoms with Crippen LogP contribution < -0.4 is 0 Å². The number of benzene rings is 2. The van der Waals surface area contributed by atoms with Crippen molar-refractivity contribution in [2.24, 2.45) is 29.6 Å². The number of ether oxygens (including phenoxy) is 1. The fourth-order valence-electron chi connectivity index (χ4n) is 12.2. The molecule has 0 radical (unpaired) electrons. The van der Waals surface area contributed by atoms with Crippen LogP contribution in [-0.2, 0) is 4.74 Å². The van der Waals surface area contributed by atoms with Gasteiger partial charge in [-0.3, -0.25) is 0 Å². The summed E-state index contributed by atoms with van der Waals surface area (Å²) in [6, 6.07) is 0. The van der Waals surface area contributed by atoms with Crippen molar-refractivity contribution in [1.82, 2.24) is 0 Å². The molecule has 0 bridgehead atoms. The van der Waals surface area contributed by atoms with Crippen LogP contribution in [-0.4, -0.2) is 12.7 Å². The van der Waals surface area contributed by atoms with Gasteiger partial charge in [0.1, 0.15) is 0 Å². The molecule has 0 heterocycles. The summed E-state index contributed by atoms with van der Waals surface area (Å²) in [5, 5.41) is 0. The van der Waals surface area contributed by atoms with Crippen LogP contribution in [0.3, 0.4) is 0 Å². The molecular formula is C55H84F2O. The smallest absolute Gasteiger partial charge is 0.0827 e. The SMILES string of the molecule is Cc1c(C)c(C)c(C2CCC(CCC3CCC(C/C=C/F)CC3)CC2)c(C)c1C.Cc1c(C)c(C)c(C2CCC(COC3CCC(C/C=C/F)CC3)CC2)c(C)c1C. The fourth-order valence-corrected chi connectivity index (χ4v) is 12.2. The van der Waals surface area contributed by atoms with Crippen LogP contribution in [0.15, 0.2) is 24.8 Å². The first kappa shape index (κ1) is 46.8. The van der Waals surface area contributed by atoms with Crippen LogP contribution >= 0.6 is 0 Å². The topological polar surface area (TPSA) is 9.23 Å². The van der Waals surface area contributed by atoms with Crippen molar-refractivity contribution >= 4 is 0 Å². The van der Waals surface area contributed by atoms with Gasteiger partial charge < -0.3 is 4.74 Å². The second kappa shape index (κ2) is 22.5. The van der Waals surface area contributed by atoms with Crippen molar-refractivity contribution in [2.75, 3.05) is 6.61 Å². The summed E-state index contributed by atoms with van der Waals surface area (Å²) in [6.07, 6.45) is 30.8. The Balaban J connectivity index is 0.000000221. The van der Waals surface area contributed by atoms with Gasteiger partial charge in [-0.15, -0.1) is 0 Å². The Bertz CT molecular complexity index is 1470. The fraction of sp³-hybridized carbons (Fsp3) is 0.709. The van der Waals surface area contributed by atoms with Gasteiger partial charge in [0.2, 0.25) is 0 Å². The first-order chi connectivity index (χ1) is 27.8. The standard InChI is InChI=1S/C28H43F.C27H41FO/c1-19-20(2)22(4)28(23(5)21(19)3)27-16-14-26(15-17-27)13-12-25-10-8-24(9-11-25)7-6-18-29;1-18-19(2)21(4)27(22(5)20(18)3)25-12-8-24(9-13-25)17-29-26-14-10-23(11-15-26)7-6-16-28/h6,18,24-27H,7-17H2,1-5H3;6,16,23-26H,7-15,17H2,1-5H3/b18-6+;16-6+. The zero-order chi connectivity index (χ0) is 41.9. The Morgan fingerprint density at radius 2 is 0.672 bits per heavy atom. The Hall–Kier alpha value is -2.26. The van der Waals surface area contributed by atoms with Crippen LogP contribution in [0.4, 0.5) is 8.78 Å². The summed E-state index contributed by atoms with van der Waals surface area (Å²) in [7, 11) is 0. The van der Waals surface area contributed by atoms with E-state index >= 15 is 0 Å². The normalized spacial score (nSPS) is 28.2. The van der Waals surface area contributed by atoms with Crippen molar-refractivity contribution in [3.8, 4) is 0 Å². The monoisotopic (exact) mass is 799 g/mol. The number of allylic oxidation sites excluding steroid dienone is 2. The molecule has 3 heteroatoms. The van der Waals surface area contributed by atoms with Crippen molar-refractivity contribution < 1.29 is 13.5 Å². The highest BCUT2D eigenvalue weighted by Crippen LogP contribution is 2.44. The van der Waals surface area contributed by atoms with Gasteiger partial charge in [0, 0.05) is 6.61 Å². The van der Waals surface area contributed by atoms with E-state index in [1.165, 1.54) is 147 Å². The second-order valence-electron chi connectivity index (χ2n) is 20.1. The molecule has 0 unspecified atom stereocenters. The van der Waals surface area contributed by atoms with Crippen molar-refractivity contribution in [3.63, 3.8) is 0 Å². The average molecular weight is 799 g/mol. The summed E-state index contributed by atoms with van der Waals surface area (Å²) in [5.41, 5.74) is 18.5. The third-order valence-corrected chi connectivity index (χ3v) is 17.1. The molecule has 6 rings (SSSR count). The van der Waals surface area contributed by atoms with Crippen molar-refractivity contribution in [3.05, 3.63) is 91.6 Å². The maximum Gasteiger partial charge on any atom is 0.0827 e. The molecule has 0 aliphatic heterocycles. The molecule has 0 N–H and O–H groups in total. The summed E-state index contributed by atoms with van der Waals surface area (Å²) in [6.45, 7) is 24.1. The minimum atomic E-state index is 0.435. The van der Waals surface area contributed by atoms with Gasteiger partial charge in [0.05, 0.1) is 18.8 Å². The van der Waals surface area contributed by atoms with E-state index in [-0.39, 0.29) is 0 Å². The molecule has 58 heavy (non-hydrogen) atoms. The molecule has 4 fully saturated rings. The molecule has 0 saturated heterocycles. The molecule has 4 aliphatic rings. The number of hydrogen-bond donors (Lipinski definition) is 0. The van der Waals surface area contributed by atoms with Gasteiger partial charge in [-0.1, -0.05) is 37.8 Å². The second-order valence-corrected chi connectivity index (χ2v) is 20.1. The Morgan fingerprint density at radius 1 is 0.379 bits per heavy atom. The predicted molar refractivity (Wildman–Crippen MR) is 246 cm³/mol. The first-order valence-corrected chi connectivity index (χ1v) is 24.1. The third kappa shape index (κ3) is 12.0. The van der Waals surface area contributed by atoms with Gasteiger partial charge in [-0.2, -0.15) is 0 Å². The highest BCUT2D eigenvalue weighted by atomic mass is 19.1. The maximum atomic E-state index is 12.2. The molecule has 4 aliphatic carbocycles. The van der Waals surface area contributed by atoms with E-state index in [1.807, 2.05) is 0 Å². The lowest BCUT2D eigenvalue weighted by molar-refractivity contribution is -0.00752.